The van der Waals surface area contributed by atoms with Crippen LogP contribution < -0.4 is 0 Å². The topological polar surface area (TPSA) is 0 Å². The Morgan fingerprint density at radius 2 is 1.83 bits per heavy atom. The second-order valence-corrected chi connectivity index (χ2v) is 8.40. The van der Waals surface area contributed by atoms with Gasteiger partial charge in [-0.05, 0) is 0 Å². The first-order valence-corrected chi connectivity index (χ1v) is 7.85. The van der Waals surface area contributed by atoms with Gasteiger partial charge in [-0.1, -0.05) is 0 Å². The standard InChI is InChI=1S/C5H11I/c1-6(2)5-3-4-5/h5H,3-4H2,1-2H3. The third kappa shape index (κ3) is 1.10. The van der Waals surface area contributed by atoms with Crippen molar-refractivity contribution in [1.29, 1.82) is 0 Å². The SMILES string of the molecule is CI(C)C1CC1. The molecule has 0 bridgehead atoms. The molecular formula is C5H11I. The van der Waals surface area contributed by atoms with Gasteiger partial charge in [0.1, 0.15) is 0 Å². The van der Waals surface area contributed by atoms with Gasteiger partial charge in [0.25, 0.3) is 0 Å². The molecule has 1 saturated carbocycles. The average molecular weight is 198 g/mol. The van der Waals surface area contributed by atoms with E-state index in [-0.39, 0.29) is 19.8 Å². The minimum atomic E-state index is -0.273. The van der Waals surface area contributed by atoms with Crippen molar-refractivity contribution in [3.05, 3.63) is 0 Å². The Morgan fingerprint density at radius 1 is 1.33 bits per heavy atom. The molecule has 1 aliphatic rings. The van der Waals surface area contributed by atoms with Crippen LogP contribution in [0, 0.1) is 0 Å². The number of alkyl halides is 3. The van der Waals surface area contributed by atoms with Crippen molar-refractivity contribution < 1.29 is 0 Å². The number of halogens is 1. The summed E-state index contributed by atoms with van der Waals surface area (Å²) in [5.41, 5.74) is 0. The molecule has 0 aliphatic heterocycles. The van der Waals surface area contributed by atoms with E-state index in [9.17, 15) is 0 Å². The molecular weight excluding hydrogens is 187 g/mol. The summed E-state index contributed by atoms with van der Waals surface area (Å²) in [6.07, 6.45) is 3.13. The van der Waals surface area contributed by atoms with Crippen LogP contribution in [0.15, 0.2) is 0 Å². The molecule has 1 aliphatic carbocycles. The van der Waals surface area contributed by atoms with Crippen LogP contribution in [0.25, 0.3) is 0 Å². The van der Waals surface area contributed by atoms with Crippen molar-refractivity contribution in [3.8, 4) is 0 Å². The van der Waals surface area contributed by atoms with Gasteiger partial charge in [-0.3, -0.25) is 0 Å². The molecule has 38 valence electrons. The summed E-state index contributed by atoms with van der Waals surface area (Å²) < 4.78 is 1.26. The minimum absolute atomic E-state index is 0.273. The summed E-state index contributed by atoms with van der Waals surface area (Å²) >= 11 is -0.273. The molecule has 0 nitrogen and oxygen atoms in total. The molecule has 0 unspecified atom stereocenters. The molecule has 0 aromatic rings. The van der Waals surface area contributed by atoms with Crippen LogP contribution in [0.3, 0.4) is 0 Å². The zero-order chi connectivity index (χ0) is 4.57. The van der Waals surface area contributed by atoms with Crippen molar-refractivity contribution in [3.63, 3.8) is 0 Å². The summed E-state index contributed by atoms with van der Waals surface area (Å²) in [4.78, 5) is 4.92. The van der Waals surface area contributed by atoms with Crippen LogP contribution in [-0.2, 0) is 0 Å². The first kappa shape index (κ1) is 4.88. The molecule has 1 rings (SSSR count). The third-order valence-electron chi connectivity index (χ3n) is 1.12. The van der Waals surface area contributed by atoms with Gasteiger partial charge in [0.05, 0.1) is 0 Å². The van der Waals surface area contributed by atoms with E-state index >= 15 is 0 Å². The molecule has 0 amide bonds. The average Bonchev–Trinajstić information content (AvgIpc) is 2.06. The van der Waals surface area contributed by atoms with Gasteiger partial charge in [-0.15, -0.1) is 0 Å². The van der Waals surface area contributed by atoms with Crippen LogP contribution in [-0.4, -0.2) is 13.8 Å². The Balaban J connectivity index is 2.13. The maximum absolute atomic E-state index is 2.46. The van der Waals surface area contributed by atoms with Gasteiger partial charge >= 0.3 is 46.4 Å². The van der Waals surface area contributed by atoms with E-state index in [4.69, 9.17) is 0 Å². The Labute approximate surface area is 46.7 Å². The van der Waals surface area contributed by atoms with Crippen LogP contribution in [0.5, 0.6) is 0 Å². The first-order chi connectivity index (χ1) is 2.80. The van der Waals surface area contributed by atoms with E-state index in [1.165, 1.54) is 3.92 Å². The predicted molar refractivity (Wildman–Crippen MR) is 38.9 cm³/mol. The van der Waals surface area contributed by atoms with Crippen LogP contribution in [0.1, 0.15) is 12.8 Å². The van der Waals surface area contributed by atoms with Crippen molar-refractivity contribution in [1.82, 2.24) is 0 Å². The summed E-state index contributed by atoms with van der Waals surface area (Å²) in [5.74, 6) is 0. The van der Waals surface area contributed by atoms with Gasteiger partial charge < -0.3 is 0 Å². The molecule has 0 N–H and O–H groups in total. The fourth-order valence-corrected chi connectivity index (χ4v) is 3.35. The van der Waals surface area contributed by atoms with Crippen LogP contribution >= 0.6 is 19.8 Å². The molecule has 6 heavy (non-hydrogen) atoms. The first-order valence-electron chi connectivity index (χ1n) is 2.29. The fraction of sp³-hybridized carbons (Fsp3) is 1.00. The number of hydrogen-bond donors (Lipinski definition) is 0. The van der Waals surface area contributed by atoms with E-state index in [1.54, 1.807) is 12.8 Å². The summed E-state index contributed by atoms with van der Waals surface area (Å²) in [5, 5.41) is 0. The van der Waals surface area contributed by atoms with E-state index in [0.29, 0.717) is 0 Å². The van der Waals surface area contributed by atoms with E-state index in [2.05, 4.69) is 9.86 Å². The summed E-state index contributed by atoms with van der Waals surface area (Å²) in [6, 6.07) is 0. The second kappa shape index (κ2) is 1.68. The third-order valence-corrected chi connectivity index (χ3v) is 5.89. The molecule has 0 heterocycles. The molecule has 1 fully saturated rings. The van der Waals surface area contributed by atoms with Crippen molar-refractivity contribution in [2.24, 2.45) is 0 Å². The van der Waals surface area contributed by atoms with Gasteiger partial charge in [0.2, 0.25) is 0 Å². The molecule has 0 aromatic heterocycles. The van der Waals surface area contributed by atoms with Gasteiger partial charge in [-0.2, -0.15) is 0 Å². The molecule has 0 atom stereocenters. The normalized spacial score (nSPS) is 24.0. The van der Waals surface area contributed by atoms with Crippen molar-refractivity contribution in [2.75, 3.05) is 9.86 Å². The Hall–Kier alpha value is 0.730. The quantitative estimate of drug-likeness (QED) is 0.446. The Kier molecular flexibility index (Phi) is 1.37. The van der Waals surface area contributed by atoms with E-state index in [0.717, 1.165) is 0 Å². The summed E-state index contributed by atoms with van der Waals surface area (Å²) in [6.45, 7) is 0. The summed E-state index contributed by atoms with van der Waals surface area (Å²) in [7, 11) is 0. The van der Waals surface area contributed by atoms with E-state index < -0.39 is 0 Å². The van der Waals surface area contributed by atoms with Gasteiger partial charge in [-0.25, -0.2) is 0 Å². The Morgan fingerprint density at radius 3 is 1.83 bits per heavy atom. The Bertz CT molecular complexity index is 45.9. The molecule has 0 spiro atoms. The second-order valence-electron chi connectivity index (χ2n) is 1.99. The maximum atomic E-state index is 2.46. The van der Waals surface area contributed by atoms with Gasteiger partial charge in [0, 0.05) is 0 Å². The van der Waals surface area contributed by atoms with E-state index in [1.807, 2.05) is 0 Å². The van der Waals surface area contributed by atoms with Gasteiger partial charge in [0.15, 0.2) is 0 Å². The zero-order valence-electron chi connectivity index (χ0n) is 4.37. The fourth-order valence-electron chi connectivity index (χ4n) is 0.499. The predicted octanol–water partition coefficient (Wildman–Crippen LogP) is 1.91. The monoisotopic (exact) mass is 198 g/mol. The van der Waals surface area contributed by atoms with Crippen molar-refractivity contribution in [2.45, 2.75) is 16.8 Å². The van der Waals surface area contributed by atoms with Crippen molar-refractivity contribution >= 4 is 19.8 Å². The zero-order valence-corrected chi connectivity index (χ0v) is 6.53. The van der Waals surface area contributed by atoms with Crippen LogP contribution in [0.4, 0.5) is 0 Å². The molecule has 0 saturated heterocycles. The molecule has 1 heteroatoms. The number of rotatable bonds is 1. The number of hydrogen-bond acceptors (Lipinski definition) is 0. The molecule has 0 radical (unpaired) electrons. The molecule has 0 aromatic carbocycles. The van der Waals surface area contributed by atoms with Crippen LogP contribution in [0.2, 0.25) is 0 Å².